The lowest BCUT2D eigenvalue weighted by Gasteiger charge is -2.14. The highest BCUT2D eigenvalue weighted by atomic mass is 35.5. The van der Waals surface area contributed by atoms with E-state index in [2.05, 4.69) is 19.1 Å². The molecular weight excluding hydrogens is 260 g/mol. The molecule has 0 atom stereocenters. The number of halogens is 1. The van der Waals surface area contributed by atoms with Gasteiger partial charge in [-0.05, 0) is 24.1 Å². The number of aryl methyl sites for hydroxylation is 1. The number of hydrogen-bond donors (Lipinski definition) is 0. The fourth-order valence-electron chi connectivity index (χ4n) is 1.91. The molecule has 0 fully saturated rings. The lowest BCUT2D eigenvalue weighted by Crippen LogP contribution is -2.01. The van der Waals surface area contributed by atoms with E-state index in [0.29, 0.717) is 18.2 Å². The quantitative estimate of drug-likeness (QED) is 0.757. The molecule has 2 nitrogen and oxygen atoms in total. The minimum atomic E-state index is 0.403. The molecule has 3 heteroatoms. The Labute approximate surface area is 118 Å². The minimum absolute atomic E-state index is 0.403. The predicted octanol–water partition coefficient (Wildman–Crippen LogP) is 4.32. The molecule has 0 radical (unpaired) electrons. The fourth-order valence-corrected chi connectivity index (χ4v) is 2.12. The van der Waals surface area contributed by atoms with Crippen LogP contribution in [0.1, 0.15) is 16.7 Å². The van der Waals surface area contributed by atoms with Crippen molar-refractivity contribution in [2.45, 2.75) is 19.4 Å². The van der Waals surface area contributed by atoms with Crippen molar-refractivity contribution < 1.29 is 9.47 Å². The molecule has 0 aromatic heterocycles. The van der Waals surface area contributed by atoms with Gasteiger partial charge in [0, 0.05) is 5.56 Å². The third kappa shape index (κ3) is 3.21. The summed E-state index contributed by atoms with van der Waals surface area (Å²) >= 11 is 5.94. The lowest BCUT2D eigenvalue weighted by atomic mass is 10.1. The van der Waals surface area contributed by atoms with Crippen molar-refractivity contribution in [2.24, 2.45) is 0 Å². The minimum Gasteiger partial charge on any atom is -0.493 e. The van der Waals surface area contributed by atoms with Crippen LogP contribution >= 0.6 is 11.6 Å². The van der Waals surface area contributed by atoms with Crippen LogP contribution in [0, 0.1) is 6.92 Å². The molecule has 0 saturated carbocycles. The van der Waals surface area contributed by atoms with Gasteiger partial charge in [-0.15, -0.1) is 11.6 Å². The van der Waals surface area contributed by atoms with Gasteiger partial charge in [-0.1, -0.05) is 36.4 Å². The third-order valence-corrected chi connectivity index (χ3v) is 3.35. The Bertz CT molecular complexity index is 530. The molecular formula is C16H17ClO2. The van der Waals surface area contributed by atoms with Crippen LogP contribution in [-0.2, 0) is 12.5 Å². The van der Waals surface area contributed by atoms with Crippen LogP contribution in [0.15, 0.2) is 42.5 Å². The van der Waals surface area contributed by atoms with Crippen LogP contribution in [0.2, 0.25) is 0 Å². The summed E-state index contributed by atoms with van der Waals surface area (Å²) in [5.74, 6) is 1.84. The zero-order valence-corrected chi connectivity index (χ0v) is 11.9. The molecule has 0 amide bonds. The Balaban J connectivity index is 2.21. The van der Waals surface area contributed by atoms with E-state index in [0.717, 1.165) is 16.9 Å². The van der Waals surface area contributed by atoms with Gasteiger partial charge in [-0.25, -0.2) is 0 Å². The maximum Gasteiger partial charge on any atom is 0.166 e. The molecule has 2 aromatic carbocycles. The normalized spacial score (nSPS) is 10.3. The lowest BCUT2D eigenvalue weighted by molar-refractivity contribution is 0.281. The van der Waals surface area contributed by atoms with Crippen LogP contribution in [0.5, 0.6) is 11.5 Å². The van der Waals surface area contributed by atoms with Gasteiger partial charge in [0.1, 0.15) is 6.61 Å². The van der Waals surface area contributed by atoms with Gasteiger partial charge in [0.05, 0.1) is 13.0 Å². The Kier molecular flexibility index (Phi) is 4.69. The number of hydrogen-bond acceptors (Lipinski definition) is 2. The van der Waals surface area contributed by atoms with Crippen molar-refractivity contribution in [2.75, 3.05) is 7.11 Å². The van der Waals surface area contributed by atoms with Gasteiger partial charge in [-0.3, -0.25) is 0 Å². The average Bonchev–Trinajstić information content (AvgIpc) is 2.46. The molecule has 0 aliphatic rings. The Morgan fingerprint density at radius 3 is 2.42 bits per heavy atom. The van der Waals surface area contributed by atoms with Crippen LogP contribution in [0.4, 0.5) is 0 Å². The largest absolute Gasteiger partial charge is 0.493 e. The van der Waals surface area contributed by atoms with E-state index in [1.807, 2.05) is 30.3 Å². The first-order chi connectivity index (χ1) is 9.26. The number of ether oxygens (including phenoxy) is 2. The first-order valence-corrected chi connectivity index (χ1v) is 6.69. The summed E-state index contributed by atoms with van der Waals surface area (Å²) in [6, 6.07) is 13.9. The van der Waals surface area contributed by atoms with Crippen molar-refractivity contribution in [1.82, 2.24) is 0 Å². The van der Waals surface area contributed by atoms with Crippen LogP contribution < -0.4 is 9.47 Å². The molecule has 100 valence electrons. The van der Waals surface area contributed by atoms with Crippen molar-refractivity contribution in [3.63, 3.8) is 0 Å². The monoisotopic (exact) mass is 276 g/mol. The van der Waals surface area contributed by atoms with Gasteiger partial charge in [-0.2, -0.15) is 0 Å². The smallest absolute Gasteiger partial charge is 0.166 e. The molecule has 0 heterocycles. The van der Waals surface area contributed by atoms with E-state index in [1.165, 1.54) is 5.56 Å². The molecule has 0 aliphatic carbocycles. The maximum atomic E-state index is 5.94. The number of alkyl halides is 1. The number of rotatable bonds is 5. The third-order valence-electron chi connectivity index (χ3n) is 3.06. The van der Waals surface area contributed by atoms with E-state index in [-0.39, 0.29) is 0 Å². The molecule has 2 aromatic rings. The van der Waals surface area contributed by atoms with Gasteiger partial charge in [0.25, 0.3) is 0 Å². The van der Waals surface area contributed by atoms with Crippen molar-refractivity contribution in [1.29, 1.82) is 0 Å². The van der Waals surface area contributed by atoms with E-state index < -0.39 is 0 Å². The molecule has 0 N–H and O–H groups in total. The summed E-state index contributed by atoms with van der Waals surface area (Å²) in [4.78, 5) is 0. The zero-order chi connectivity index (χ0) is 13.7. The molecule has 0 aliphatic heterocycles. The Morgan fingerprint density at radius 1 is 1.00 bits per heavy atom. The molecule has 0 unspecified atom stereocenters. The first-order valence-electron chi connectivity index (χ1n) is 6.15. The number of methoxy groups -OCH3 is 1. The fraction of sp³-hybridized carbons (Fsp3) is 0.250. The SMILES string of the molecule is COc1cccc(CCl)c1OCc1ccccc1C. The molecule has 0 spiro atoms. The highest BCUT2D eigenvalue weighted by molar-refractivity contribution is 6.17. The van der Waals surface area contributed by atoms with E-state index >= 15 is 0 Å². The van der Waals surface area contributed by atoms with Gasteiger partial charge >= 0.3 is 0 Å². The van der Waals surface area contributed by atoms with Crippen LogP contribution in [0.3, 0.4) is 0 Å². The molecule has 0 bridgehead atoms. The standard InChI is InChI=1S/C16H17ClO2/c1-12-6-3-4-7-14(12)11-19-16-13(10-17)8-5-9-15(16)18-2/h3-9H,10-11H2,1-2H3. The number of para-hydroxylation sites is 1. The molecule has 19 heavy (non-hydrogen) atoms. The van der Waals surface area contributed by atoms with Crippen molar-refractivity contribution >= 4 is 11.6 Å². The summed E-state index contributed by atoms with van der Waals surface area (Å²) in [6.07, 6.45) is 0. The first kappa shape index (κ1) is 13.8. The average molecular weight is 277 g/mol. The predicted molar refractivity (Wildman–Crippen MR) is 78.1 cm³/mol. The van der Waals surface area contributed by atoms with Crippen molar-refractivity contribution in [3.05, 3.63) is 59.2 Å². The summed E-state index contributed by atoms with van der Waals surface area (Å²) < 4.78 is 11.2. The summed E-state index contributed by atoms with van der Waals surface area (Å²) in [6.45, 7) is 2.58. The number of benzene rings is 2. The second-order valence-electron chi connectivity index (χ2n) is 4.30. The van der Waals surface area contributed by atoms with Crippen LogP contribution in [-0.4, -0.2) is 7.11 Å². The second-order valence-corrected chi connectivity index (χ2v) is 4.56. The molecule has 0 saturated heterocycles. The highest BCUT2D eigenvalue weighted by Crippen LogP contribution is 2.32. The van der Waals surface area contributed by atoms with Gasteiger partial charge < -0.3 is 9.47 Å². The van der Waals surface area contributed by atoms with E-state index in [1.54, 1.807) is 7.11 Å². The molecule has 2 rings (SSSR count). The van der Waals surface area contributed by atoms with E-state index in [4.69, 9.17) is 21.1 Å². The van der Waals surface area contributed by atoms with Crippen LogP contribution in [0.25, 0.3) is 0 Å². The maximum absolute atomic E-state index is 5.94. The van der Waals surface area contributed by atoms with Crippen molar-refractivity contribution in [3.8, 4) is 11.5 Å². The highest BCUT2D eigenvalue weighted by Gasteiger charge is 2.10. The van der Waals surface area contributed by atoms with E-state index in [9.17, 15) is 0 Å². The van der Waals surface area contributed by atoms with Gasteiger partial charge in [0.2, 0.25) is 0 Å². The summed E-state index contributed by atoms with van der Waals surface area (Å²) in [5.41, 5.74) is 3.31. The summed E-state index contributed by atoms with van der Waals surface area (Å²) in [7, 11) is 1.63. The Morgan fingerprint density at radius 2 is 1.74 bits per heavy atom. The summed E-state index contributed by atoms with van der Waals surface area (Å²) in [5, 5.41) is 0. The topological polar surface area (TPSA) is 18.5 Å². The van der Waals surface area contributed by atoms with Gasteiger partial charge in [0.15, 0.2) is 11.5 Å². The Hall–Kier alpha value is -1.67. The zero-order valence-electron chi connectivity index (χ0n) is 11.2. The second kappa shape index (κ2) is 6.48.